The molecule has 96 valence electrons. The van der Waals surface area contributed by atoms with Crippen molar-refractivity contribution in [1.29, 1.82) is 0 Å². The van der Waals surface area contributed by atoms with Crippen LogP contribution in [0.25, 0.3) is 5.78 Å². The molecule has 18 heavy (non-hydrogen) atoms. The van der Waals surface area contributed by atoms with Crippen molar-refractivity contribution in [1.82, 2.24) is 24.9 Å². The maximum absolute atomic E-state index is 12.0. The Morgan fingerprint density at radius 1 is 1.56 bits per heavy atom. The van der Waals surface area contributed by atoms with Crippen molar-refractivity contribution in [2.75, 3.05) is 6.61 Å². The Labute approximate surface area is 104 Å². The molecule has 2 aromatic heterocycles. The van der Waals surface area contributed by atoms with Crippen LogP contribution in [0.4, 0.5) is 0 Å². The maximum atomic E-state index is 12.0. The van der Waals surface area contributed by atoms with Gasteiger partial charge >= 0.3 is 0 Å². The number of carbonyl (C=O) groups excluding carboxylic acids is 1. The maximum Gasteiger partial charge on any atom is 0.254 e. The molecule has 0 saturated carbocycles. The van der Waals surface area contributed by atoms with Crippen LogP contribution >= 0.6 is 0 Å². The van der Waals surface area contributed by atoms with Crippen molar-refractivity contribution in [3.63, 3.8) is 0 Å². The molecule has 0 unspecified atom stereocenters. The average molecular weight is 249 g/mol. The highest BCUT2D eigenvalue weighted by Gasteiger charge is 2.16. The Hall–Kier alpha value is -2.02. The van der Waals surface area contributed by atoms with Crippen LogP contribution in [0.3, 0.4) is 0 Å². The topological polar surface area (TPSA) is 92.4 Å². The lowest BCUT2D eigenvalue weighted by molar-refractivity contribution is 0.0913. The van der Waals surface area contributed by atoms with E-state index in [2.05, 4.69) is 20.4 Å². The number of aliphatic hydroxyl groups excluding tert-OH is 1. The van der Waals surface area contributed by atoms with Crippen LogP contribution in [-0.2, 0) is 0 Å². The number of amides is 1. The summed E-state index contributed by atoms with van der Waals surface area (Å²) in [6, 6.07) is -0.247. The van der Waals surface area contributed by atoms with Crippen LogP contribution in [0, 0.1) is 6.92 Å². The first-order valence-corrected chi connectivity index (χ1v) is 5.74. The highest BCUT2D eigenvalue weighted by Crippen LogP contribution is 2.07. The van der Waals surface area contributed by atoms with E-state index < -0.39 is 0 Å². The Morgan fingerprint density at radius 3 is 3.00 bits per heavy atom. The van der Waals surface area contributed by atoms with E-state index in [9.17, 15) is 4.79 Å². The molecule has 0 spiro atoms. The van der Waals surface area contributed by atoms with Gasteiger partial charge in [0.2, 0.25) is 0 Å². The third-order valence-corrected chi connectivity index (χ3v) is 2.84. The van der Waals surface area contributed by atoms with E-state index in [-0.39, 0.29) is 18.6 Å². The number of nitrogens with zero attached hydrogens (tertiary/aromatic N) is 4. The first kappa shape index (κ1) is 12.4. The van der Waals surface area contributed by atoms with Crippen molar-refractivity contribution in [2.45, 2.75) is 26.3 Å². The zero-order valence-electron chi connectivity index (χ0n) is 10.3. The third kappa shape index (κ3) is 2.17. The molecule has 1 atom stereocenters. The van der Waals surface area contributed by atoms with Crippen molar-refractivity contribution >= 4 is 11.7 Å². The molecule has 7 nitrogen and oxygen atoms in total. The van der Waals surface area contributed by atoms with Gasteiger partial charge in [0.05, 0.1) is 23.9 Å². The molecule has 0 saturated heterocycles. The minimum absolute atomic E-state index is 0.0830. The van der Waals surface area contributed by atoms with E-state index in [1.54, 1.807) is 6.92 Å². The summed E-state index contributed by atoms with van der Waals surface area (Å²) >= 11 is 0. The van der Waals surface area contributed by atoms with Gasteiger partial charge < -0.3 is 10.4 Å². The minimum Gasteiger partial charge on any atom is -0.394 e. The van der Waals surface area contributed by atoms with Crippen LogP contribution in [0.15, 0.2) is 12.5 Å². The third-order valence-electron chi connectivity index (χ3n) is 2.84. The Kier molecular flexibility index (Phi) is 3.52. The molecule has 2 N–H and O–H groups in total. The molecule has 0 aliphatic rings. The summed E-state index contributed by atoms with van der Waals surface area (Å²) in [5, 5.41) is 15.8. The average Bonchev–Trinajstić information content (AvgIpc) is 2.85. The molecule has 0 bridgehead atoms. The molecule has 0 radical (unpaired) electrons. The lowest BCUT2D eigenvalue weighted by Crippen LogP contribution is -2.37. The van der Waals surface area contributed by atoms with Gasteiger partial charge in [0, 0.05) is 6.20 Å². The molecule has 2 aromatic rings. The van der Waals surface area contributed by atoms with E-state index in [4.69, 9.17) is 5.11 Å². The molecular weight excluding hydrogens is 234 g/mol. The summed E-state index contributed by atoms with van der Waals surface area (Å²) in [4.78, 5) is 20.0. The van der Waals surface area contributed by atoms with E-state index in [1.165, 1.54) is 17.0 Å². The molecule has 1 amide bonds. The van der Waals surface area contributed by atoms with Gasteiger partial charge in [-0.25, -0.2) is 9.50 Å². The van der Waals surface area contributed by atoms with E-state index >= 15 is 0 Å². The molecule has 0 fully saturated rings. The number of rotatable bonds is 4. The SMILES string of the molecule is CC[C@@H](CO)NC(=O)c1cnc2ncnn2c1C. The standard InChI is InChI=1S/C11H15N5O2/c1-3-8(5-17)15-10(18)9-4-12-11-13-6-14-16(11)7(9)2/h4,6,8,17H,3,5H2,1-2H3,(H,15,18)/t8-/m0/s1. The lowest BCUT2D eigenvalue weighted by Gasteiger charge is -2.14. The molecule has 2 rings (SSSR count). The van der Waals surface area contributed by atoms with Crippen molar-refractivity contribution < 1.29 is 9.90 Å². The van der Waals surface area contributed by atoms with Gasteiger partial charge in [-0.2, -0.15) is 10.1 Å². The van der Waals surface area contributed by atoms with Crippen LogP contribution in [0.1, 0.15) is 29.4 Å². The van der Waals surface area contributed by atoms with Crippen LogP contribution in [-0.4, -0.2) is 43.2 Å². The number of hydrogen-bond donors (Lipinski definition) is 2. The summed E-state index contributed by atoms with van der Waals surface area (Å²) in [6.07, 6.45) is 3.53. The van der Waals surface area contributed by atoms with Gasteiger partial charge in [0.25, 0.3) is 11.7 Å². The number of nitrogens with one attached hydrogen (secondary N) is 1. The summed E-state index contributed by atoms with van der Waals surface area (Å²) < 4.78 is 1.51. The van der Waals surface area contributed by atoms with E-state index in [0.717, 1.165) is 0 Å². The summed E-state index contributed by atoms with van der Waals surface area (Å²) in [7, 11) is 0. The molecular formula is C11H15N5O2. The number of aliphatic hydroxyl groups is 1. The highest BCUT2D eigenvalue weighted by atomic mass is 16.3. The zero-order chi connectivity index (χ0) is 13.1. The second-order valence-corrected chi connectivity index (χ2v) is 3.99. The number of carbonyl (C=O) groups is 1. The second-order valence-electron chi connectivity index (χ2n) is 3.99. The number of fused-ring (bicyclic) bond motifs is 1. The van der Waals surface area contributed by atoms with Gasteiger partial charge in [-0.05, 0) is 13.3 Å². The van der Waals surface area contributed by atoms with Crippen molar-refractivity contribution in [3.8, 4) is 0 Å². The zero-order valence-corrected chi connectivity index (χ0v) is 10.3. The first-order chi connectivity index (χ1) is 8.67. The van der Waals surface area contributed by atoms with Gasteiger partial charge in [-0.3, -0.25) is 4.79 Å². The number of hydrogen-bond acceptors (Lipinski definition) is 5. The molecule has 0 aliphatic carbocycles. The van der Waals surface area contributed by atoms with Gasteiger partial charge in [0.1, 0.15) is 6.33 Å². The summed E-state index contributed by atoms with van der Waals surface area (Å²) in [5.74, 6) is 0.191. The molecule has 0 aromatic carbocycles. The van der Waals surface area contributed by atoms with E-state index in [0.29, 0.717) is 23.5 Å². The van der Waals surface area contributed by atoms with Crippen molar-refractivity contribution in [3.05, 3.63) is 23.8 Å². The highest BCUT2D eigenvalue weighted by molar-refractivity contribution is 5.95. The monoisotopic (exact) mass is 249 g/mol. The Balaban J connectivity index is 2.30. The number of aryl methyl sites for hydroxylation is 1. The quantitative estimate of drug-likeness (QED) is 0.791. The normalized spacial score (nSPS) is 12.6. The van der Waals surface area contributed by atoms with Gasteiger partial charge in [-0.1, -0.05) is 6.92 Å². The van der Waals surface area contributed by atoms with Crippen LogP contribution in [0.2, 0.25) is 0 Å². The van der Waals surface area contributed by atoms with E-state index in [1.807, 2.05) is 6.92 Å². The fraction of sp³-hybridized carbons (Fsp3) is 0.455. The Bertz CT molecular complexity index is 562. The van der Waals surface area contributed by atoms with Gasteiger partial charge in [-0.15, -0.1) is 0 Å². The Morgan fingerprint density at radius 2 is 2.33 bits per heavy atom. The smallest absolute Gasteiger partial charge is 0.254 e. The first-order valence-electron chi connectivity index (χ1n) is 5.74. The van der Waals surface area contributed by atoms with Gasteiger partial charge in [0.15, 0.2) is 0 Å². The fourth-order valence-corrected chi connectivity index (χ4v) is 1.65. The molecule has 0 aliphatic heterocycles. The fourth-order valence-electron chi connectivity index (χ4n) is 1.65. The summed E-state index contributed by atoms with van der Waals surface area (Å²) in [6.45, 7) is 3.59. The summed E-state index contributed by atoms with van der Waals surface area (Å²) in [5.41, 5.74) is 1.10. The predicted molar refractivity (Wildman–Crippen MR) is 64.2 cm³/mol. The van der Waals surface area contributed by atoms with Crippen LogP contribution < -0.4 is 5.32 Å². The lowest BCUT2D eigenvalue weighted by atomic mass is 10.2. The van der Waals surface area contributed by atoms with Crippen molar-refractivity contribution in [2.24, 2.45) is 0 Å². The largest absolute Gasteiger partial charge is 0.394 e. The molecule has 2 heterocycles. The second kappa shape index (κ2) is 5.09. The number of aromatic nitrogens is 4. The minimum atomic E-state index is -0.265. The van der Waals surface area contributed by atoms with Crippen LogP contribution in [0.5, 0.6) is 0 Å². The molecule has 7 heteroatoms. The predicted octanol–water partition coefficient (Wildman–Crippen LogP) is -0.0666.